The molecule has 0 aliphatic carbocycles. The Bertz CT molecular complexity index is 674. The molecule has 148 valence electrons. The fourth-order valence-corrected chi connectivity index (χ4v) is 3.25. The lowest BCUT2D eigenvalue weighted by Gasteiger charge is -2.35. The molecule has 1 saturated heterocycles. The molecule has 1 atom stereocenters. The topological polar surface area (TPSA) is 83.1 Å². The highest BCUT2D eigenvalue weighted by molar-refractivity contribution is 5.78. The normalized spacial score (nSPS) is 17.9. The van der Waals surface area contributed by atoms with Gasteiger partial charge in [-0.3, -0.25) is 9.69 Å². The van der Waals surface area contributed by atoms with Crippen LogP contribution < -0.4 is 20.1 Å². The van der Waals surface area contributed by atoms with Crippen molar-refractivity contribution in [3.05, 3.63) is 23.8 Å². The van der Waals surface area contributed by atoms with Gasteiger partial charge in [0.05, 0.1) is 12.6 Å². The lowest BCUT2D eigenvalue weighted by molar-refractivity contribution is -0.122. The zero-order chi connectivity index (χ0) is 19.2. The van der Waals surface area contributed by atoms with Gasteiger partial charge in [-0.25, -0.2) is 4.79 Å². The van der Waals surface area contributed by atoms with Crippen LogP contribution in [-0.2, 0) is 4.79 Å². The number of carbonyl (C=O) groups is 2. The molecule has 3 rings (SSSR count). The van der Waals surface area contributed by atoms with Crippen LogP contribution in [0.2, 0.25) is 0 Å². The van der Waals surface area contributed by atoms with Crippen molar-refractivity contribution >= 4 is 11.9 Å². The van der Waals surface area contributed by atoms with E-state index in [0.717, 1.165) is 17.1 Å². The summed E-state index contributed by atoms with van der Waals surface area (Å²) in [5.74, 6) is 1.49. The lowest BCUT2D eigenvalue weighted by Crippen LogP contribution is -2.53. The second-order valence-electron chi connectivity index (χ2n) is 6.79. The first-order chi connectivity index (χ1) is 13.1. The van der Waals surface area contributed by atoms with Gasteiger partial charge in [0, 0.05) is 32.7 Å². The molecule has 2 N–H and O–H groups in total. The molecule has 2 aliphatic rings. The SMILES string of the molecule is CCNC(=O)CN1CCN(C(=O)NC(C)c2ccc3c(c2)OCCO3)CC1. The van der Waals surface area contributed by atoms with E-state index in [9.17, 15) is 9.59 Å². The average molecular weight is 376 g/mol. The molecule has 0 saturated carbocycles. The summed E-state index contributed by atoms with van der Waals surface area (Å²) in [5, 5.41) is 5.84. The van der Waals surface area contributed by atoms with Gasteiger partial charge >= 0.3 is 6.03 Å². The molecule has 0 spiro atoms. The smallest absolute Gasteiger partial charge is 0.317 e. The number of hydrogen-bond donors (Lipinski definition) is 2. The van der Waals surface area contributed by atoms with Crippen molar-refractivity contribution in [3.63, 3.8) is 0 Å². The first kappa shape index (κ1) is 19.3. The third-order valence-corrected chi connectivity index (χ3v) is 4.81. The van der Waals surface area contributed by atoms with Gasteiger partial charge in [0.1, 0.15) is 13.2 Å². The Morgan fingerprint density at radius 3 is 2.52 bits per heavy atom. The standard InChI is InChI=1S/C19H28N4O4/c1-3-20-18(24)13-22-6-8-23(9-7-22)19(25)21-14(2)15-4-5-16-17(12-15)27-11-10-26-16/h4-5,12,14H,3,6-11,13H2,1-2H3,(H,20,24)(H,21,25). The van der Waals surface area contributed by atoms with Crippen molar-refractivity contribution in [1.29, 1.82) is 0 Å². The Hall–Kier alpha value is -2.48. The molecular weight excluding hydrogens is 348 g/mol. The van der Waals surface area contributed by atoms with Gasteiger partial charge in [-0.1, -0.05) is 6.07 Å². The maximum Gasteiger partial charge on any atom is 0.317 e. The van der Waals surface area contributed by atoms with Crippen LogP contribution in [0.25, 0.3) is 0 Å². The van der Waals surface area contributed by atoms with E-state index >= 15 is 0 Å². The first-order valence-corrected chi connectivity index (χ1v) is 9.51. The Morgan fingerprint density at radius 2 is 1.81 bits per heavy atom. The van der Waals surface area contributed by atoms with Crippen LogP contribution in [-0.4, -0.2) is 74.2 Å². The van der Waals surface area contributed by atoms with Crippen molar-refractivity contribution in [3.8, 4) is 11.5 Å². The summed E-state index contributed by atoms with van der Waals surface area (Å²) >= 11 is 0. The predicted molar refractivity (Wildman–Crippen MR) is 101 cm³/mol. The Balaban J connectivity index is 1.48. The van der Waals surface area contributed by atoms with Crippen molar-refractivity contribution in [2.75, 3.05) is 52.5 Å². The molecule has 0 radical (unpaired) electrons. The molecular formula is C19H28N4O4. The second kappa shape index (κ2) is 8.94. The van der Waals surface area contributed by atoms with Crippen molar-refractivity contribution in [2.45, 2.75) is 19.9 Å². The number of ether oxygens (including phenoxy) is 2. The van der Waals surface area contributed by atoms with E-state index in [-0.39, 0.29) is 18.0 Å². The molecule has 1 aromatic carbocycles. The number of nitrogens with zero attached hydrogens (tertiary/aromatic N) is 2. The zero-order valence-corrected chi connectivity index (χ0v) is 16.0. The number of likely N-dealkylation sites (N-methyl/N-ethyl adjacent to an activating group) is 1. The van der Waals surface area contributed by atoms with Gasteiger partial charge in [0.25, 0.3) is 0 Å². The first-order valence-electron chi connectivity index (χ1n) is 9.51. The highest BCUT2D eigenvalue weighted by atomic mass is 16.6. The molecule has 8 nitrogen and oxygen atoms in total. The van der Waals surface area contributed by atoms with E-state index in [1.54, 1.807) is 4.90 Å². The molecule has 2 aliphatic heterocycles. The molecule has 1 aromatic rings. The Morgan fingerprint density at radius 1 is 1.11 bits per heavy atom. The van der Waals surface area contributed by atoms with Gasteiger partial charge in [-0.2, -0.15) is 0 Å². The number of nitrogens with one attached hydrogen (secondary N) is 2. The number of rotatable bonds is 5. The van der Waals surface area contributed by atoms with Gasteiger partial charge in [-0.15, -0.1) is 0 Å². The van der Waals surface area contributed by atoms with Crippen LogP contribution in [0.15, 0.2) is 18.2 Å². The zero-order valence-electron chi connectivity index (χ0n) is 16.0. The number of amides is 3. The highest BCUT2D eigenvalue weighted by Gasteiger charge is 2.24. The number of hydrogen-bond acceptors (Lipinski definition) is 5. The monoisotopic (exact) mass is 376 g/mol. The number of fused-ring (bicyclic) bond motifs is 1. The molecule has 8 heteroatoms. The Labute approximate surface area is 159 Å². The summed E-state index contributed by atoms with van der Waals surface area (Å²) in [7, 11) is 0. The fourth-order valence-electron chi connectivity index (χ4n) is 3.25. The summed E-state index contributed by atoms with van der Waals surface area (Å²) < 4.78 is 11.1. The maximum atomic E-state index is 12.6. The highest BCUT2D eigenvalue weighted by Crippen LogP contribution is 2.32. The molecule has 1 unspecified atom stereocenters. The summed E-state index contributed by atoms with van der Waals surface area (Å²) in [4.78, 5) is 28.1. The minimum atomic E-state index is -0.137. The Kier molecular flexibility index (Phi) is 6.39. The molecule has 3 amide bonds. The summed E-state index contributed by atoms with van der Waals surface area (Å²) in [6.45, 7) is 8.60. The number of piperazine rings is 1. The summed E-state index contributed by atoms with van der Waals surface area (Å²) in [6, 6.07) is 5.52. The third kappa shape index (κ3) is 5.03. The number of benzene rings is 1. The number of carbonyl (C=O) groups excluding carboxylic acids is 2. The van der Waals surface area contributed by atoms with E-state index in [1.807, 2.05) is 32.0 Å². The molecule has 0 bridgehead atoms. The van der Waals surface area contributed by atoms with Crippen LogP contribution in [0.3, 0.4) is 0 Å². The molecule has 1 fully saturated rings. The van der Waals surface area contributed by atoms with E-state index in [2.05, 4.69) is 15.5 Å². The molecule has 27 heavy (non-hydrogen) atoms. The average Bonchev–Trinajstić information content (AvgIpc) is 2.68. The number of urea groups is 1. The largest absolute Gasteiger partial charge is 0.486 e. The van der Waals surface area contributed by atoms with Crippen LogP contribution >= 0.6 is 0 Å². The molecule has 0 aromatic heterocycles. The lowest BCUT2D eigenvalue weighted by atomic mass is 10.1. The fraction of sp³-hybridized carbons (Fsp3) is 0.579. The third-order valence-electron chi connectivity index (χ3n) is 4.81. The van der Waals surface area contributed by atoms with Gasteiger partial charge in [-0.05, 0) is 31.5 Å². The van der Waals surface area contributed by atoms with E-state index in [0.29, 0.717) is 52.5 Å². The quantitative estimate of drug-likeness (QED) is 0.801. The van der Waals surface area contributed by atoms with E-state index < -0.39 is 0 Å². The minimum Gasteiger partial charge on any atom is -0.486 e. The van der Waals surface area contributed by atoms with Gasteiger partial charge in [0.2, 0.25) is 5.91 Å². The van der Waals surface area contributed by atoms with Crippen LogP contribution in [0.4, 0.5) is 4.79 Å². The van der Waals surface area contributed by atoms with Crippen molar-refractivity contribution in [1.82, 2.24) is 20.4 Å². The second-order valence-corrected chi connectivity index (χ2v) is 6.79. The van der Waals surface area contributed by atoms with Crippen LogP contribution in [0.1, 0.15) is 25.5 Å². The van der Waals surface area contributed by atoms with Crippen molar-refractivity contribution < 1.29 is 19.1 Å². The van der Waals surface area contributed by atoms with Gasteiger partial charge < -0.3 is 25.0 Å². The minimum absolute atomic E-state index is 0.0302. The van der Waals surface area contributed by atoms with Crippen molar-refractivity contribution in [2.24, 2.45) is 0 Å². The van der Waals surface area contributed by atoms with Crippen LogP contribution in [0.5, 0.6) is 11.5 Å². The predicted octanol–water partition coefficient (Wildman–Crippen LogP) is 0.982. The summed E-state index contributed by atoms with van der Waals surface area (Å²) in [5.41, 5.74) is 0.975. The van der Waals surface area contributed by atoms with Gasteiger partial charge in [0.15, 0.2) is 11.5 Å². The van der Waals surface area contributed by atoms with Crippen LogP contribution in [0, 0.1) is 0 Å². The van der Waals surface area contributed by atoms with E-state index in [1.165, 1.54) is 0 Å². The molecule has 2 heterocycles. The summed E-state index contributed by atoms with van der Waals surface area (Å²) in [6.07, 6.45) is 0. The maximum absolute atomic E-state index is 12.6. The van der Waals surface area contributed by atoms with E-state index in [4.69, 9.17) is 9.47 Å².